The Hall–Kier alpha value is -3.46. The summed E-state index contributed by atoms with van der Waals surface area (Å²) in [5, 5.41) is 7.16. The van der Waals surface area contributed by atoms with Crippen molar-refractivity contribution in [1.29, 1.82) is 0 Å². The number of amides is 1. The highest BCUT2D eigenvalue weighted by atomic mass is 16.5. The Kier molecular flexibility index (Phi) is 5.85. The zero-order chi connectivity index (χ0) is 22.0. The molecular weight excluding hydrogens is 396 g/mol. The Morgan fingerprint density at radius 3 is 2.61 bits per heavy atom. The highest BCUT2D eigenvalue weighted by molar-refractivity contribution is 6.13. The number of aromatic nitrogens is 3. The van der Waals surface area contributed by atoms with Crippen molar-refractivity contribution in [3.8, 4) is 11.8 Å². The lowest BCUT2D eigenvalue weighted by molar-refractivity contribution is 0.102. The number of hydrogen-bond acceptors (Lipinski definition) is 8. The minimum absolute atomic E-state index is 0.209. The third-order valence-corrected chi connectivity index (χ3v) is 5.24. The van der Waals surface area contributed by atoms with E-state index in [2.05, 4.69) is 44.3 Å². The number of benzene rings is 1. The number of anilines is 2. The molecule has 1 aliphatic rings. The number of nitrogens with zero attached hydrogens (tertiary/aromatic N) is 4. The molecular formula is C22H26N6O3. The number of hydrogen-bond donors (Lipinski definition) is 2. The first-order valence-corrected chi connectivity index (χ1v) is 10.1. The minimum Gasteiger partial charge on any atom is -0.497 e. The van der Waals surface area contributed by atoms with E-state index in [9.17, 15) is 4.79 Å². The van der Waals surface area contributed by atoms with Gasteiger partial charge in [0.15, 0.2) is 0 Å². The first-order valence-electron chi connectivity index (χ1n) is 10.1. The fourth-order valence-electron chi connectivity index (χ4n) is 3.96. The van der Waals surface area contributed by atoms with Crippen LogP contribution in [0.4, 0.5) is 11.5 Å². The second kappa shape index (κ2) is 8.73. The summed E-state index contributed by atoms with van der Waals surface area (Å²) in [4.78, 5) is 28.4. The predicted octanol–water partition coefficient (Wildman–Crippen LogP) is 2.48. The Labute approximate surface area is 180 Å². The van der Waals surface area contributed by atoms with Crippen LogP contribution in [-0.4, -0.2) is 60.3 Å². The van der Waals surface area contributed by atoms with E-state index >= 15 is 0 Å². The van der Waals surface area contributed by atoms with Crippen molar-refractivity contribution >= 4 is 28.3 Å². The number of carbonyl (C=O) groups is 1. The smallest absolute Gasteiger partial charge is 0.316 e. The first kappa shape index (κ1) is 20.8. The van der Waals surface area contributed by atoms with E-state index in [4.69, 9.17) is 9.47 Å². The molecule has 162 valence electrons. The van der Waals surface area contributed by atoms with Gasteiger partial charge in [0.1, 0.15) is 11.6 Å². The van der Waals surface area contributed by atoms with Crippen LogP contribution >= 0.6 is 0 Å². The van der Waals surface area contributed by atoms with Gasteiger partial charge in [-0.2, -0.15) is 4.98 Å². The van der Waals surface area contributed by atoms with Crippen molar-refractivity contribution in [2.45, 2.75) is 25.9 Å². The number of nitrogens with one attached hydrogen (secondary N) is 2. The van der Waals surface area contributed by atoms with Crippen LogP contribution in [0.15, 0.2) is 36.7 Å². The van der Waals surface area contributed by atoms with Gasteiger partial charge in [0.05, 0.1) is 25.3 Å². The summed E-state index contributed by atoms with van der Waals surface area (Å²) in [6.45, 7) is 6.02. The fourth-order valence-corrected chi connectivity index (χ4v) is 3.96. The molecule has 0 spiro atoms. The zero-order valence-corrected chi connectivity index (χ0v) is 18.0. The quantitative estimate of drug-likeness (QED) is 0.647. The molecule has 1 saturated heterocycles. The molecule has 2 atom stereocenters. The van der Waals surface area contributed by atoms with Gasteiger partial charge in [0.2, 0.25) is 0 Å². The maximum atomic E-state index is 13.1. The summed E-state index contributed by atoms with van der Waals surface area (Å²) >= 11 is 0. The van der Waals surface area contributed by atoms with Crippen LogP contribution in [0.2, 0.25) is 0 Å². The van der Waals surface area contributed by atoms with Crippen molar-refractivity contribution in [1.82, 2.24) is 20.3 Å². The number of fused-ring (bicyclic) bond motifs is 1. The van der Waals surface area contributed by atoms with Crippen LogP contribution in [0.3, 0.4) is 0 Å². The molecule has 4 rings (SSSR count). The van der Waals surface area contributed by atoms with Gasteiger partial charge >= 0.3 is 6.01 Å². The Balaban J connectivity index is 1.74. The fraction of sp³-hybridized carbons (Fsp3) is 0.364. The number of ether oxygens (including phenoxy) is 2. The molecule has 1 fully saturated rings. The highest BCUT2D eigenvalue weighted by Gasteiger charge is 2.24. The topological polar surface area (TPSA) is 102 Å². The number of rotatable bonds is 5. The van der Waals surface area contributed by atoms with Crippen LogP contribution in [0.1, 0.15) is 24.2 Å². The lowest BCUT2D eigenvalue weighted by Crippen LogP contribution is -2.54. The molecule has 2 N–H and O–H groups in total. The molecule has 1 aromatic carbocycles. The van der Waals surface area contributed by atoms with Crippen molar-refractivity contribution in [2.75, 3.05) is 37.5 Å². The van der Waals surface area contributed by atoms with Gasteiger partial charge in [0, 0.05) is 54.7 Å². The first-order chi connectivity index (χ1) is 15.0. The summed E-state index contributed by atoms with van der Waals surface area (Å²) < 4.78 is 10.4. The van der Waals surface area contributed by atoms with Crippen LogP contribution < -0.4 is 25.0 Å². The Morgan fingerprint density at radius 1 is 1.13 bits per heavy atom. The highest BCUT2D eigenvalue weighted by Crippen LogP contribution is 2.31. The van der Waals surface area contributed by atoms with E-state index in [1.54, 1.807) is 37.7 Å². The van der Waals surface area contributed by atoms with Gasteiger partial charge in [-0.25, -0.2) is 9.97 Å². The van der Waals surface area contributed by atoms with E-state index in [1.165, 1.54) is 7.11 Å². The van der Waals surface area contributed by atoms with Crippen molar-refractivity contribution in [3.63, 3.8) is 0 Å². The second-order valence-electron chi connectivity index (χ2n) is 7.66. The molecule has 0 unspecified atom stereocenters. The summed E-state index contributed by atoms with van der Waals surface area (Å²) in [7, 11) is 3.07. The summed E-state index contributed by atoms with van der Waals surface area (Å²) in [6, 6.07) is 8.02. The minimum atomic E-state index is -0.319. The van der Waals surface area contributed by atoms with Crippen LogP contribution in [-0.2, 0) is 0 Å². The molecule has 3 heterocycles. The predicted molar refractivity (Wildman–Crippen MR) is 119 cm³/mol. The third kappa shape index (κ3) is 4.36. The summed E-state index contributed by atoms with van der Waals surface area (Å²) in [5.41, 5.74) is 1.94. The SMILES string of the molecule is COc1ccnc(NC(=O)c2ccc(N3C[C@@H](C)N[C@@H](C)C3)c3cnc(OC)nc23)c1. The average Bonchev–Trinajstić information content (AvgIpc) is 2.77. The van der Waals surface area contributed by atoms with Crippen LogP contribution in [0, 0.1) is 0 Å². The van der Waals surface area contributed by atoms with Gasteiger partial charge in [-0.1, -0.05) is 0 Å². The van der Waals surface area contributed by atoms with Crippen molar-refractivity contribution < 1.29 is 14.3 Å². The largest absolute Gasteiger partial charge is 0.497 e. The number of carbonyl (C=O) groups excluding carboxylic acids is 1. The number of piperazine rings is 1. The van der Waals surface area contributed by atoms with Crippen molar-refractivity contribution in [2.24, 2.45) is 0 Å². The molecule has 0 bridgehead atoms. The van der Waals surface area contributed by atoms with Crippen LogP contribution in [0.5, 0.6) is 11.8 Å². The van der Waals surface area contributed by atoms with E-state index in [0.29, 0.717) is 34.7 Å². The molecule has 9 nitrogen and oxygen atoms in total. The average molecular weight is 422 g/mol. The van der Waals surface area contributed by atoms with E-state index in [1.807, 2.05) is 6.07 Å². The summed E-state index contributed by atoms with van der Waals surface area (Å²) in [6.07, 6.45) is 3.29. The lowest BCUT2D eigenvalue weighted by atomic mass is 10.0. The zero-order valence-electron chi connectivity index (χ0n) is 18.0. The normalized spacial score (nSPS) is 18.6. The van der Waals surface area contributed by atoms with E-state index in [-0.39, 0.29) is 11.9 Å². The maximum Gasteiger partial charge on any atom is 0.316 e. The lowest BCUT2D eigenvalue weighted by Gasteiger charge is -2.38. The Bertz CT molecular complexity index is 1100. The maximum absolute atomic E-state index is 13.1. The standard InChI is InChI=1S/C22H26N6O3/c1-13-11-28(12-14(2)25-13)18-6-5-16(20-17(18)10-24-22(27-20)31-4)21(29)26-19-9-15(30-3)7-8-23-19/h5-10,13-14,25H,11-12H2,1-4H3,(H,23,26,29)/t13-,14+. The third-order valence-electron chi connectivity index (χ3n) is 5.24. The van der Waals surface area contributed by atoms with Gasteiger partial charge in [-0.05, 0) is 32.0 Å². The van der Waals surface area contributed by atoms with Crippen molar-refractivity contribution in [3.05, 3.63) is 42.2 Å². The summed E-state index contributed by atoms with van der Waals surface area (Å²) in [5.74, 6) is 0.684. The van der Waals surface area contributed by atoms with Gasteiger partial charge in [-0.15, -0.1) is 0 Å². The molecule has 9 heteroatoms. The molecule has 3 aromatic rings. The van der Waals surface area contributed by atoms with Gasteiger partial charge in [0.25, 0.3) is 5.91 Å². The number of pyridine rings is 1. The molecule has 1 amide bonds. The molecule has 0 saturated carbocycles. The van der Waals surface area contributed by atoms with Crippen LogP contribution in [0.25, 0.3) is 10.9 Å². The second-order valence-corrected chi connectivity index (χ2v) is 7.66. The molecule has 2 aromatic heterocycles. The molecule has 0 radical (unpaired) electrons. The molecule has 31 heavy (non-hydrogen) atoms. The van der Waals surface area contributed by atoms with E-state index < -0.39 is 0 Å². The molecule has 0 aliphatic carbocycles. The monoisotopic (exact) mass is 422 g/mol. The molecule has 1 aliphatic heterocycles. The number of methoxy groups -OCH3 is 2. The van der Waals surface area contributed by atoms with Gasteiger partial charge in [-0.3, -0.25) is 4.79 Å². The van der Waals surface area contributed by atoms with Gasteiger partial charge < -0.3 is 25.0 Å². The van der Waals surface area contributed by atoms with E-state index in [0.717, 1.165) is 24.2 Å². The Morgan fingerprint density at radius 2 is 1.90 bits per heavy atom.